The van der Waals surface area contributed by atoms with Gasteiger partial charge in [-0.25, -0.2) is 0 Å². The molecule has 0 spiro atoms. The van der Waals surface area contributed by atoms with Crippen LogP contribution in [0, 0.1) is 25.2 Å². The van der Waals surface area contributed by atoms with Gasteiger partial charge < -0.3 is 4.74 Å². The van der Waals surface area contributed by atoms with Gasteiger partial charge in [-0.05, 0) is 54.4 Å². The highest BCUT2D eigenvalue weighted by Gasteiger charge is 2.50. The molecule has 1 aliphatic carbocycles. The Labute approximate surface area is 110 Å². The normalized spacial score (nSPS) is 22.7. The van der Waals surface area contributed by atoms with Gasteiger partial charge >= 0.3 is 0 Å². The van der Waals surface area contributed by atoms with Crippen LogP contribution in [0.15, 0.2) is 12.1 Å². The molecule has 2 atom stereocenters. The quantitative estimate of drug-likeness (QED) is 0.636. The molecule has 1 aliphatic rings. The van der Waals surface area contributed by atoms with Gasteiger partial charge in [-0.3, -0.25) is 11.3 Å². The zero-order valence-corrected chi connectivity index (χ0v) is 12.0. The minimum absolute atomic E-state index is 0.240. The number of nitrogens with two attached hydrogens (primary N) is 1. The van der Waals surface area contributed by atoms with Crippen LogP contribution in [0.1, 0.15) is 43.0 Å². The molecule has 18 heavy (non-hydrogen) atoms. The number of aryl methyl sites for hydroxylation is 2. The fraction of sp³-hybridized carbons (Fsp3) is 0.600. The zero-order valence-electron chi connectivity index (χ0n) is 12.0. The molecule has 2 unspecified atom stereocenters. The van der Waals surface area contributed by atoms with Crippen molar-refractivity contribution in [3.05, 3.63) is 28.8 Å². The third-order valence-electron chi connectivity index (χ3n) is 4.29. The Bertz CT molecular complexity index is 454. The van der Waals surface area contributed by atoms with Gasteiger partial charge in [0.15, 0.2) is 0 Å². The highest BCUT2D eigenvalue weighted by molar-refractivity contribution is 5.43. The minimum atomic E-state index is 0.240. The SMILES string of the molecule is COc1cc(C)c(C(NN)C2CC2(C)C)cc1C. The predicted octanol–water partition coefficient (Wildman–Crippen LogP) is 2.86. The lowest BCUT2D eigenvalue weighted by Crippen LogP contribution is -2.31. The van der Waals surface area contributed by atoms with Gasteiger partial charge in [0.1, 0.15) is 5.75 Å². The van der Waals surface area contributed by atoms with Crippen LogP contribution < -0.4 is 16.0 Å². The van der Waals surface area contributed by atoms with Crippen LogP contribution in [-0.4, -0.2) is 7.11 Å². The van der Waals surface area contributed by atoms with Gasteiger partial charge in [0, 0.05) is 6.04 Å². The van der Waals surface area contributed by atoms with Crippen LogP contribution in [-0.2, 0) is 0 Å². The highest BCUT2D eigenvalue weighted by atomic mass is 16.5. The molecule has 0 heterocycles. The first-order chi connectivity index (χ1) is 8.40. The van der Waals surface area contributed by atoms with E-state index in [9.17, 15) is 0 Å². The summed E-state index contributed by atoms with van der Waals surface area (Å²) in [6, 6.07) is 4.54. The first-order valence-electron chi connectivity index (χ1n) is 6.52. The summed E-state index contributed by atoms with van der Waals surface area (Å²) in [5.41, 5.74) is 7.10. The van der Waals surface area contributed by atoms with Gasteiger partial charge in [-0.2, -0.15) is 0 Å². The fourth-order valence-corrected chi connectivity index (χ4v) is 2.87. The topological polar surface area (TPSA) is 47.3 Å². The number of hydrogen-bond acceptors (Lipinski definition) is 3. The average molecular weight is 248 g/mol. The van der Waals surface area contributed by atoms with Crippen LogP contribution in [0.25, 0.3) is 0 Å². The summed E-state index contributed by atoms with van der Waals surface area (Å²) in [5.74, 6) is 7.34. The van der Waals surface area contributed by atoms with E-state index in [1.54, 1.807) is 7.11 Å². The Morgan fingerprint density at radius 2 is 1.94 bits per heavy atom. The Morgan fingerprint density at radius 1 is 1.33 bits per heavy atom. The minimum Gasteiger partial charge on any atom is -0.496 e. The van der Waals surface area contributed by atoms with E-state index < -0.39 is 0 Å². The van der Waals surface area contributed by atoms with E-state index in [2.05, 4.69) is 45.3 Å². The molecule has 0 saturated heterocycles. The molecule has 2 rings (SSSR count). The lowest BCUT2D eigenvalue weighted by molar-refractivity contribution is 0.406. The first kappa shape index (κ1) is 13.4. The van der Waals surface area contributed by atoms with Gasteiger partial charge in [0.25, 0.3) is 0 Å². The Kier molecular flexibility index (Phi) is 3.39. The summed E-state index contributed by atoms with van der Waals surface area (Å²) in [4.78, 5) is 0. The summed E-state index contributed by atoms with van der Waals surface area (Å²) in [7, 11) is 1.71. The number of rotatable bonds is 4. The molecule has 0 amide bonds. The van der Waals surface area contributed by atoms with E-state index >= 15 is 0 Å². The molecule has 1 saturated carbocycles. The second-order valence-electron chi connectivity index (χ2n) is 6.12. The molecule has 0 aromatic heterocycles. The van der Waals surface area contributed by atoms with Crippen LogP contribution in [0.5, 0.6) is 5.75 Å². The number of hydrazine groups is 1. The molecule has 0 bridgehead atoms. The second-order valence-corrected chi connectivity index (χ2v) is 6.12. The number of methoxy groups -OCH3 is 1. The molecule has 3 heteroatoms. The lowest BCUT2D eigenvalue weighted by atomic mass is 9.92. The van der Waals surface area contributed by atoms with Crippen LogP contribution in [0.2, 0.25) is 0 Å². The number of benzene rings is 1. The van der Waals surface area contributed by atoms with Crippen molar-refractivity contribution in [3.8, 4) is 5.75 Å². The maximum absolute atomic E-state index is 5.78. The van der Waals surface area contributed by atoms with Gasteiger partial charge in [-0.1, -0.05) is 19.9 Å². The van der Waals surface area contributed by atoms with E-state index in [1.807, 2.05) is 0 Å². The van der Waals surface area contributed by atoms with Gasteiger partial charge in [0.05, 0.1) is 7.11 Å². The highest BCUT2D eigenvalue weighted by Crippen LogP contribution is 2.57. The molecule has 3 N–H and O–H groups in total. The standard InChI is InChI=1S/C15H24N2O/c1-9-7-13(18-5)10(2)6-11(9)14(17-16)12-8-15(12,3)4/h6-7,12,14,17H,8,16H2,1-5H3. The third kappa shape index (κ3) is 2.25. The first-order valence-corrected chi connectivity index (χ1v) is 6.52. The summed E-state index contributed by atoms with van der Waals surface area (Å²) in [6.07, 6.45) is 1.23. The molecule has 1 aromatic rings. The van der Waals surface area contributed by atoms with Crippen molar-refractivity contribution in [2.45, 2.75) is 40.2 Å². The van der Waals surface area contributed by atoms with Crippen molar-refractivity contribution in [2.24, 2.45) is 17.2 Å². The van der Waals surface area contributed by atoms with Crippen molar-refractivity contribution in [2.75, 3.05) is 7.11 Å². The largest absolute Gasteiger partial charge is 0.496 e. The van der Waals surface area contributed by atoms with Crippen molar-refractivity contribution in [3.63, 3.8) is 0 Å². The Morgan fingerprint density at radius 3 is 2.39 bits per heavy atom. The second kappa shape index (κ2) is 4.56. The zero-order chi connectivity index (χ0) is 13.5. The molecule has 0 aliphatic heterocycles. The van der Waals surface area contributed by atoms with Crippen molar-refractivity contribution >= 4 is 0 Å². The third-order valence-corrected chi connectivity index (χ3v) is 4.29. The molecule has 100 valence electrons. The van der Waals surface area contributed by atoms with E-state index in [0.29, 0.717) is 11.3 Å². The lowest BCUT2D eigenvalue weighted by Gasteiger charge is -2.22. The van der Waals surface area contributed by atoms with Crippen LogP contribution in [0.3, 0.4) is 0 Å². The molecule has 0 radical (unpaired) electrons. The monoisotopic (exact) mass is 248 g/mol. The van der Waals surface area contributed by atoms with E-state index in [-0.39, 0.29) is 6.04 Å². The van der Waals surface area contributed by atoms with Gasteiger partial charge in [0.2, 0.25) is 0 Å². The van der Waals surface area contributed by atoms with E-state index in [4.69, 9.17) is 10.6 Å². The summed E-state index contributed by atoms with van der Waals surface area (Å²) >= 11 is 0. The van der Waals surface area contributed by atoms with Crippen LogP contribution >= 0.6 is 0 Å². The van der Waals surface area contributed by atoms with Crippen LogP contribution in [0.4, 0.5) is 0 Å². The summed E-state index contributed by atoms with van der Waals surface area (Å²) in [5, 5.41) is 0. The number of nitrogens with one attached hydrogen (secondary N) is 1. The average Bonchev–Trinajstić information content (AvgIpc) is 2.93. The summed E-state index contributed by atoms with van der Waals surface area (Å²) in [6.45, 7) is 8.80. The van der Waals surface area contributed by atoms with E-state index in [1.165, 1.54) is 17.5 Å². The maximum atomic E-state index is 5.78. The molecule has 3 nitrogen and oxygen atoms in total. The van der Waals surface area contributed by atoms with Crippen molar-refractivity contribution in [1.82, 2.24) is 5.43 Å². The predicted molar refractivity (Wildman–Crippen MR) is 74.4 cm³/mol. The Hall–Kier alpha value is -1.06. The Balaban J connectivity index is 2.35. The number of ether oxygens (including phenoxy) is 1. The fourth-order valence-electron chi connectivity index (χ4n) is 2.87. The smallest absolute Gasteiger partial charge is 0.122 e. The molecular formula is C15H24N2O. The molecular weight excluding hydrogens is 224 g/mol. The number of hydrogen-bond donors (Lipinski definition) is 2. The molecule has 1 aromatic carbocycles. The summed E-state index contributed by atoms with van der Waals surface area (Å²) < 4.78 is 5.36. The van der Waals surface area contributed by atoms with E-state index in [0.717, 1.165) is 11.3 Å². The maximum Gasteiger partial charge on any atom is 0.122 e. The van der Waals surface area contributed by atoms with Gasteiger partial charge in [-0.15, -0.1) is 0 Å². The molecule has 1 fully saturated rings. The van der Waals surface area contributed by atoms with Crippen molar-refractivity contribution in [1.29, 1.82) is 0 Å². The van der Waals surface area contributed by atoms with Crippen molar-refractivity contribution < 1.29 is 4.74 Å².